The molecule has 0 aromatic heterocycles. The number of nitrogens with zero attached hydrogens (tertiary/aromatic N) is 3. The summed E-state index contributed by atoms with van der Waals surface area (Å²) in [6.45, 7) is 3.58. The molecule has 1 saturated carbocycles. The van der Waals surface area contributed by atoms with Crippen molar-refractivity contribution < 1.29 is 14.7 Å². The number of carbonyl (C=O) groups is 2. The molecule has 1 aliphatic heterocycles. The summed E-state index contributed by atoms with van der Waals surface area (Å²) in [6.07, 6.45) is 3.49. The Labute approximate surface area is 126 Å². The minimum Gasteiger partial charge on any atom is -0.481 e. The van der Waals surface area contributed by atoms with E-state index in [9.17, 15) is 9.59 Å². The normalized spacial score (nSPS) is 22.4. The number of rotatable bonds is 5. The predicted octanol–water partition coefficient (Wildman–Crippen LogP) is 1.17. The van der Waals surface area contributed by atoms with Crippen molar-refractivity contribution in [2.24, 2.45) is 11.8 Å². The van der Waals surface area contributed by atoms with Gasteiger partial charge in [-0.25, -0.2) is 4.79 Å². The Morgan fingerprint density at radius 1 is 1.29 bits per heavy atom. The van der Waals surface area contributed by atoms with Crippen LogP contribution < -0.4 is 0 Å². The van der Waals surface area contributed by atoms with Gasteiger partial charge in [-0.2, -0.15) is 0 Å². The topological polar surface area (TPSA) is 64.1 Å². The third kappa shape index (κ3) is 3.00. The first-order valence-electron chi connectivity index (χ1n) is 7.67. The summed E-state index contributed by atoms with van der Waals surface area (Å²) in [4.78, 5) is 29.1. The highest BCUT2D eigenvalue weighted by molar-refractivity contribution is 5.76. The molecule has 6 heteroatoms. The van der Waals surface area contributed by atoms with Gasteiger partial charge in [0.2, 0.25) is 0 Å². The van der Waals surface area contributed by atoms with E-state index in [-0.39, 0.29) is 23.4 Å². The lowest BCUT2D eigenvalue weighted by Crippen LogP contribution is -2.61. The summed E-state index contributed by atoms with van der Waals surface area (Å²) in [5, 5.41) is 8.99. The summed E-state index contributed by atoms with van der Waals surface area (Å²) >= 11 is 0. The van der Waals surface area contributed by atoms with Gasteiger partial charge in [-0.15, -0.1) is 0 Å². The van der Waals surface area contributed by atoms with Gasteiger partial charge in [0.15, 0.2) is 0 Å². The molecule has 1 atom stereocenters. The SMILES string of the molecule is CC(C(=O)O)C1CN(C(=O)N(C)CC2(N(C)C)CCC2)C1. The number of likely N-dealkylation sites (N-methyl/N-ethyl adjacent to an activating group) is 2. The summed E-state index contributed by atoms with van der Waals surface area (Å²) in [6, 6.07) is 0.0250. The third-order valence-corrected chi connectivity index (χ3v) is 5.37. The predicted molar refractivity (Wildman–Crippen MR) is 80.2 cm³/mol. The van der Waals surface area contributed by atoms with Crippen LogP contribution in [0.1, 0.15) is 26.2 Å². The Morgan fingerprint density at radius 2 is 1.86 bits per heavy atom. The van der Waals surface area contributed by atoms with Gasteiger partial charge in [-0.05, 0) is 33.4 Å². The average molecular weight is 297 g/mol. The fraction of sp³-hybridized carbons (Fsp3) is 0.867. The second kappa shape index (κ2) is 5.83. The van der Waals surface area contributed by atoms with Gasteiger partial charge >= 0.3 is 12.0 Å². The number of carboxylic acids is 1. The van der Waals surface area contributed by atoms with Crippen molar-refractivity contribution in [1.29, 1.82) is 0 Å². The second-order valence-electron chi connectivity index (χ2n) is 6.90. The molecule has 0 radical (unpaired) electrons. The van der Waals surface area contributed by atoms with Gasteiger partial charge in [0.05, 0.1) is 5.92 Å². The van der Waals surface area contributed by atoms with Crippen molar-refractivity contribution in [3.63, 3.8) is 0 Å². The lowest BCUT2D eigenvalue weighted by Gasteiger charge is -2.50. The number of urea groups is 1. The number of carboxylic acid groups (broad SMARTS) is 1. The zero-order valence-corrected chi connectivity index (χ0v) is 13.5. The van der Waals surface area contributed by atoms with Crippen LogP contribution in [0.5, 0.6) is 0 Å². The lowest BCUT2D eigenvalue weighted by atomic mass is 9.75. The Kier molecular flexibility index (Phi) is 4.46. The molecule has 1 aliphatic carbocycles. The van der Waals surface area contributed by atoms with Crippen molar-refractivity contribution in [2.75, 3.05) is 40.8 Å². The average Bonchev–Trinajstić information content (AvgIpc) is 2.30. The molecule has 2 fully saturated rings. The van der Waals surface area contributed by atoms with E-state index in [1.165, 1.54) is 6.42 Å². The summed E-state index contributed by atoms with van der Waals surface area (Å²) < 4.78 is 0. The molecule has 1 N–H and O–H groups in total. The number of hydrogen-bond donors (Lipinski definition) is 1. The summed E-state index contributed by atoms with van der Waals surface area (Å²) in [5.41, 5.74) is 0.128. The number of amides is 2. The van der Waals surface area contributed by atoms with Crippen LogP contribution >= 0.6 is 0 Å². The highest BCUT2D eigenvalue weighted by atomic mass is 16.4. The molecule has 0 aromatic rings. The molecule has 2 aliphatic rings. The van der Waals surface area contributed by atoms with Gasteiger partial charge < -0.3 is 19.8 Å². The van der Waals surface area contributed by atoms with Gasteiger partial charge in [0.25, 0.3) is 0 Å². The van der Waals surface area contributed by atoms with E-state index in [1.54, 1.807) is 16.7 Å². The molecule has 2 amide bonds. The first kappa shape index (κ1) is 16.1. The molecule has 0 spiro atoms. The van der Waals surface area contributed by atoms with Crippen LogP contribution in [-0.2, 0) is 4.79 Å². The number of carbonyl (C=O) groups excluding carboxylic acids is 1. The van der Waals surface area contributed by atoms with Crippen molar-refractivity contribution in [3.8, 4) is 0 Å². The maximum absolute atomic E-state index is 12.4. The van der Waals surface area contributed by atoms with Crippen molar-refractivity contribution in [3.05, 3.63) is 0 Å². The number of hydrogen-bond acceptors (Lipinski definition) is 3. The second-order valence-corrected chi connectivity index (χ2v) is 6.90. The van der Waals surface area contributed by atoms with Crippen LogP contribution in [-0.4, -0.2) is 78.1 Å². The van der Waals surface area contributed by atoms with Crippen LogP contribution in [0.4, 0.5) is 4.79 Å². The first-order valence-corrected chi connectivity index (χ1v) is 7.67. The zero-order valence-electron chi connectivity index (χ0n) is 13.5. The molecule has 1 unspecified atom stereocenters. The van der Waals surface area contributed by atoms with Crippen LogP contribution in [0.2, 0.25) is 0 Å². The summed E-state index contributed by atoms with van der Waals surface area (Å²) in [7, 11) is 6.00. The number of likely N-dealkylation sites (tertiary alicyclic amines) is 1. The van der Waals surface area contributed by atoms with Crippen molar-refractivity contribution >= 4 is 12.0 Å². The zero-order chi connectivity index (χ0) is 15.8. The molecule has 0 bridgehead atoms. The Bertz CT molecular complexity index is 414. The molecule has 0 aromatic carbocycles. The van der Waals surface area contributed by atoms with Gasteiger partial charge in [-0.1, -0.05) is 6.92 Å². The largest absolute Gasteiger partial charge is 0.481 e. The molecular formula is C15H27N3O3. The van der Waals surface area contributed by atoms with Crippen molar-refractivity contribution in [2.45, 2.75) is 31.7 Å². The van der Waals surface area contributed by atoms with E-state index < -0.39 is 5.97 Å². The van der Waals surface area contributed by atoms with Crippen molar-refractivity contribution in [1.82, 2.24) is 14.7 Å². The van der Waals surface area contributed by atoms with E-state index in [0.29, 0.717) is 13.1 Å². The van der Waals surface area contributed by atoms with Crippen LogP contribution in [0, 0.1) is 11.8 Å². The Morgan fingerprint density at radius 3 is 2.24 bits per heavy atom. The van der Waals surface area contributed by atoms with E-state index in [1.807, 2.05) is 7.05 Å². The minimum atomic E-state index is -0.776. The Hall–Kier alpha value is -1.30. The standard InChI is InChI=1S/C15H27N3O3/c1-11(13(19)20)12-8-18(9-12)14(21)17(4)10-15(16(2)3)6-5-7-15/h11-12H,5-10H2,1-4H3,(H,19,20). The molecule has 2 rings (SSSR count). The Balaban J connectivity index is 1.83. The van der Waals surface area contributed by atoms with Crippen LogP contribution in [0.25, 0.3) is 0 Å². The van der Waals surface area contributed by atoms with Crippen LogP contribution in [0.15, 0.2) is 0 Å². The van der Waals surface area contributed by atoms with Gasteiger partial charge in [-0.3, -0.25) is 4.79 Å². The molecule has 1 saturated heterocycles. The summed E-state index contributed by atoms with van der Waals surface area (Å²) in [5.74, 6) is -1.06. The molecular weight excluding hydrogens is 270 g/mol. The third-order valence-electron chi connectivity index (χ3n) is 5.37. The molecule has 1 heterocycles. The van der Waals surface area contributed by atoms with Gasteiger partial charge in [0, 0.05) is 38.1 Å². The van der Waals surface area contributed by atoms with E-state index >= 15 is 0 Å². The fourth-order valence-electron chi connectivity index (χ4n) is 3.27. The van der Waals surface area contributed by atoms with Gasteiger partial charge in [0.1, 0.15) is 0 Å². The first-order chi connectivity index (χ1) is 9.77. The maximum atomic E-state index is 12.4. The quantitative estimate of drug-likeness (QED) is 0.827. The highest BCUT2D eigenvalue weighted by Crippen LogP contribution is 2.37. The monoisotopic (exact) mass is 297 g/mol. The number of aliphatic carboxylic acids is 1. The molecule has 120 valence electrons. The van der Waals surface area contributed by atoms with E-state index in [4.69, 9.17) is 5.11 Å². The van der Waals surface area contributed by atoms with E-state index in [0.717, 1.165) is 19.4 Å². The molecule has 21 heavy (non-hydrogen) atoms. The fourth-order valence-corrected chi connectivity index (χ4v) is 3.27. The highest BCUT2D eigenvalue weighted by Gasteiger charge is 2.43. The molecule has 6 nitrogen and oxygen atoms in total. The van der Waals surface area contributed by atoms with E-state index in [2.05, 4.69) is 19.0 Å². The van der Waals surface area contributed by atoms with Crippen LogP contribution in [0.3, 0.4) is 0 Å². The lowest BCUT2D eigenvalue weighted by molar-refractivity contribution is -0.144. The maximum Gasteiger partial charge on any atom is 0.319 e. The minimum absolute atomic E-state index is 0.0250. The smallest absolute Gasteiger partial charge is 0.319 e.